The lowest BCUT2D eigenvalue weighted by molar-refractivity contribution is -0.120. The monoisotopic (exact) mass is 185 g/mol. The van der Waals surface area contributed by atoms with Crippen LogP contribution in [0.2, 0.25) is 0 Å². The maximum Gasteiger partial charge on any atom is 0.219 e. The Balaban J connectivity index is 3.61. The van der Waals surface area contributed by atoms with Crippen molar-refractivity contribution in [1.82, 2.24) is 5.32 Å². The highest BCUT2D eigenvalue weighted by atomic mass is 16.1. The van der Waals surface area contributed by atoms with Crippen LogP contribution in [0.5, 0.6) is 0 Å². The van der Waals surface area contributed by atoms with Gasteiger partial charge in [0, 0.05) is 13.0 Å². The first-order valence-corrected chi connectivity index (χ1v) is 5.51. The molecule has 2 heteroatoms. The first kappa shape index (κ1) is 12.5. The second-order valence-corrected chi connectivity index (χ2v) is 3.60. The van der Waals surface area contributed by atoms with Gasteiger partial charge < -0.3 is 5.32 Å². The highest BCUT2D eigenvalue weighted by Gasteiger charge is 2.07. The summed E-state index contributed by atoms with van der Waals surface area (Å²) in [4.78, 5) is 11.0. The molecule has 0 spiro atoms. The van der Waals surface area contributed by atoms with E-state index in [1.165, 1.54) is 25.7 Å². The zero-order valence-corrected chi connectivity index (χ0v) is 9.23. The standard InChI is InChI=1S/C11H23NO/c1-4-7-10(8-5-2)9-12-11(13)6-3/h10H,4-9H2,1-3H3,(H,12,13). The summed E-state index contributed by atoms with van der Waals surface area (Å²) in [5.41, 5.74) is 0. The van der Waals surface area contributed by atoms with Gasteiger partial charge in [-0.3, -0.25) is 4.79 Å². The van der Waals surface area contributed by atoms with Crippen molar-refractivity contribution < 1.29 is 4.79 Å². The van der Waals surface area contributed by atoms with E-state index >= 15 is 0 Å². The number of nitrogens with one attached hydrogen (secondary N) is 1. The van der Waals surface area contributed by atoms with Crippen molar-refractivity contribution in [3.63, 3.8) is 0 Å². The Morgan fingerprint density at radius 2 is 1.69 bits per heavy atom. The van der Waals surface area contributed by atoms with E-state index < -0.39 is 0 Å². The van der Waals surface area contributed by atoms with E-state index in [9.17, 15) is 4.79 Å². The van der Waals surface area contributed by atoms with Crippen molar-refractivity contribution in [1.29, 1.82) is 0 Å². The van der Waals surface area contributed by atoms with Crippen LogP contribution in [-0.4, -0.2) is 12.5 Å². The maximum atomic E-state index is 11.0. The molecule has 13 heavy (non-hydrogen) atoms. The van der Waals surface area contributed by atoms with Gasteiger partial charge in [-0.2, -0.15) is 0 Å². The van der Waals surface area contributed by atoms with Gasteiger partial charge in [-0.1, -0.05) is 33.6 Å². The molecule has 78 valence electrons. The van der Waals surface area contributed by atoms with Gasteiger partial charge in [0.25, 0.3) is 0 Å². The van der Waals surface area contributed by atoms with E-state index in [4.69, 9.17) is 0 Å². The number of carbonyl (C=O) groups is 1. The minimum Gasteiger partial charge on any atom is -0.356 e. The smallest absolute Gasteiger partial charge is 0.219 e. The predicted molar refractivity (Wildman–Crippen MR) is 56.6 cm³/mol. The molecule has 0 aromatic heterocycles. The van der Waals surface area contributed by atoms with E-state index in [-0.39, 0.29) is 5.91 Å². The van der Waals surface area contributed by atoms with Crippen molar-refractivity contribution in [2.45, 2.75) is 52.9 Å². The Bertz CT molecular complexity index is 128. The summed E-state index contributed by atoms with van der Waals surface area (Å²) in [6, 6.07) is 0. The molecule has 0 aromatic rings. The number of hydrogen-bond donors (Lipinski definition) is 1. The highest BCUT2D eigenvalue weighted by Crippen LogP contribution is 2.11. The first-order valence-electron chi connectivity index (χ1n) is 5.51. The molecule has 0 unspecified atom stereocenters. The zero-order chi connectivity index (χ0) is 10.1. The quantitative estimate of drug-likeness (QED) is 0.649. The van der Waals surface area contributed by atoms with Crippen LogP contribution < -0.4 is 5.32 Å². The normalized spacial score (nSPS) is 10.5. The van der Waals surface area contributed by atoms with Gasteiger partial charge >= 0.3 is 0 Å². The molecule has 0 bridgehead atoms. The van der Waals surface area contributed by atoms with Gasteiger partial charge in [-0.25, -0.2) is 0 Å². The van der Waals surface area contributed by atoms with Crippen LogP contribution >= 0.6 is 0 Å². The average Bonchev–Trinajstić information content (AvgIpc) is 2.14. The molecule has 0 saturated carbocycles. The first-order chi connectivity index (χ1) is 6.24. The fourth-order valence-electron chi connectivity index (χ4n) is 1.55. The average molecular weight is 185 g/mol. The number of amides is 1. The summed E-state index contributed by atoms with van der Waals surface area (Å²) in [6.45, 7) is 7.16. The van der Waals surface area contributed by atoms with Crippen LogP contribution in [-0.2, 0) is 4.79 Å². The Morgan fingerprint density at radius 3 is 2.08 bits per heavy atom. The molecule has 0 aliphatic heterocycles. The van der Waals surface area contributed by atoms with Crippen LogP contribution in [0.3, 0.4) is 0 Å². The van der Waals surface area contributed by atoms with Gasteiger partial charge in [-0.05, 0) is 18.8 Å². The summed E-state index contributed by atoms with van der Waals surface area (Å²) in [5.74, 6) is 0.864. The topological polar surface area (TPSA) is 29.1 Å². The van der Waals surface area contributed by atoms with Crippen molar-refractivity contribution in [2.75, 3.05) is 6.54 Å². The van der Waals surface area contributed by atoms with Gasteiger partial charge in [0.1, 0.15) is 0 Å². The number of carbonyl (C=O) groups excluding carboxylic acids is 1. The van der Waals surface area contributed by atoms with Crippen LogP contribution in [0.4, 0.5) is 0 Å². The molecule has 0 fully saturated rings. The number of rotatable bonds is 7. The molecule has 0 aliphatic carbocycles. The summed E-state index contributed by atoms with van der Waals surface area (Å²) < 4.78 is 0. The molecule has 2 nitrogen and oxygen atoms in total. The molecule has 0 aliphatic rings. The summed E-state index contributed by atoms with van der Waals surface area (Å²) in [7, 11) is 0. The second kappa shape index (κ2) is 8.09. The molecule has 1 N–H and O–H groups in total. The molecule has 0 heterocycles. The van der Waals surface area contributed by atoms with E-state index in [2.05, 4.69) is 19.2 Å². The van der Waals surface area contributed by atoms with Crippen LogP contribution in [0.1, 0.15) is 52.9 Å². The fourth-order valence-corrected chi connectivity index (χ4v) is 1.55. The van der Waals surface area contributed by atoms with Gasteiger partial charge in [-0.15, -0.1) is 0 Å². The SMILES string of the molecule is CCCC(CCC)CNC(=O)CC. The minimum atomic E-state index is 0.178. The van der Waals surface area contributed by atoms with Gasteiger partial charge in [0.15, 0.2) is 0 Å². The van der Waals surface area contributed by atoms with Crippen molar-refractivity contribution in [2.24, 2.45) is 5.92 Å². The lowest BCUT2D eigenvalue weighted by Crippen LogP contribution is -2.28. The molecule has 0 atom stereocenters. The van der Waals surface area contributed by atoms with Crippen LogP contribution in [0, 0.1) is 5.92 Å². The Morgan fingerprint density at radius 1 is 1.15 bits per heavy atom. The van der Waals surface area contributed by atoms with Gasteiger partial charge in [0.05, 0.1) is 0 Å². The Hall–Kier alpha value is -0.530. The number of hydrogen-bond acceptors (Lipinski definition) is 1. The molecular weight excluding hydrogens is 162 g/mol. The molecule has 0 aromatic carbocycles. The molecule has 0 rings (SSSR count). The maximum absolute atomic E-state index is 11.0. The van der Waals surface area contributed by atoms with E-state index in [0.29, 0.717) is 12.3 Å². The second-order valence-electron chi connectivity index (χ2n) is 3.60. The minimum absolute atomic E-state index is 0.178. The predicted octanol–water partition coefficient (Wildman–Crippen LogP) is 2.73. The van der Waals surface area contributed by atoms with E-state index in [1.807, 2.05) is 6.92 Å². The molecule has 1 amide bonds. The lowest BCUT2D eigenvalue weighted by Gasteiger charge is -2.15. The van der Waals surface area contributed by atoms with E-state index in [0.717, 1.165) is 6.54 Å². The van der Waals surface area contributed by atoms with Crippen molar-refractivity contribution >= 4 is 5.91 Å². The highest BCUT2D eigenvalue weighted by molar-refractivity contribution is 5.75. The Kier molecular flexibility index (Phi) is 7.76. The van der Waals surface area contributed by atoms with Crippen LogP contribution in [0.25, 0.3) is 0 Å². The molecular formula is C11H23NO. The van der Waals surface area contributed by atoms with E-state index in [1.54, 1.807) is 0 Å². The third-order valence-electron chi connectivity index (χ3n) is 2.30. The summed E-state index contributed by atoms with van der Waals surface area (Å²) in [5, 5.41) is 2.96. The summed E-state index contributed by atoms with van der Waals surface area (Å²) in [6.07, 6.45) is 5.50. The molecule has 0 saturated heterocycles. The Labute approximate surface area is 82.1 Å². The van der Waals surface area contributed by atoms with Crippen molar-refractivity contribution in [3.05, 3.63) is 0 Å². The zero-order valence-electron chi connectivity index (χ0n) is 9.23. The third kappa shape index (κ3) is 6.62. The lowest BCUT2D eigenvalue weighted by atomic mass is 9.98. The summed E-state index contributed by atoms with van der Waals surface area (Å²) >= 11 is 0. The van der Waals surface area contributed by atoms with Crippen LogP contribution in [0.15, 0.2) is 0 Å². The molecule has 0 radical (unpaired) electrons. The van der Waals surface area contributed by atoms with Gasteiger partial charge in [0.2, 0.25) is 5.91 Å². The third-order valence-corrected chi connectivity index (χ3v) is 2.30. The fraction of sp³-hybridized carbons (Fsp3) is 0.909. The van der Waals surface area contributed by atoms with Crippen molar-refractivity contribution in [3.8, 4) is 0 Å². The largest absolute Gasteiger partial charge is 0.356 e.